The number of carbonyl (C=O) groups excluding carboxylic acids is 3. The maximum Gasteiger partial charge on any atom is 0.337 e. The summed E-state index contributed by atoms with van der Waals surface area (Å²) in [5.74, 6) is -1.69. The molecule has 1 aliphatic rings. The summed E-state index contributed by atoms with van der Waals surface area (Å²) in [5, 5.41) is 3.95. The average molecular weight is 491 g/mol. The maximum absolute atomic E-state index is 13.3. The van der Waals surface area contributed by atoms with Gasteiger partial charge in [-0.25, -0.2) is 9.59 Å². The molecule has 0 radical (unpaired) electrons. The number of nitrogens with one attached hydrogen (secondary N) is 1. The SMILES string of the molecule is CCOC(=O)C1=C(C)Nc2sc(C(=O)c3ccc(C)cc3)c(N)c2[C@H]1c1ccc(C(=O)OC)cc1. The molecule has 8 heteroatoms. The highest BCUT2D eigenvalue weighted by atomic mass is 32.1. The number of benzene rings is 2. The monoisotopic (exact) mass is 490 g/mol. The molecule has 1 aliphatic heterocycles. The normalized spacial score (nSPS) is 14.7. The smallest absolute Gasteiger partial charge is 0.337 e. The Balaban J connectivity index is 1.85. The molecule has 0 bridgehead atoms. The van der Waals surface area contributed by atoms with Gasteiger partial charge >= 0.3 is 11.9 Å². The third-order valence-corrected chi connectivity index (χ3v) is 7.08. The number of nitrogen functional groups attached to an aromatic ring is 1. The Morgan fingerprint density at radius 2 is 1.60 bits per heavy atom. The largest absolute Gasteiger partial charge is 0.465 e. The lowest BCUT2D eigenvalue weighted by molar-refractivity contribution is -0.138. The van der Waals surface area contributed by atoms with E-state index in [-0.39, 0.29) is 12.4 Å². The molecule has 0 unspecified atom stereocenters. The third kappa shape index (κ3) is 4.44. The van der Waals surface area contributed by atoms with Crippen molar-refractivity contribution in [3.63, 3.8) is 0 Å². The number of ether oxygens (including phenoxy) is 2. The summed E-state index contributed by atoms with van der Waals surface area (Å²) < 4.78 is 10.2. The lowest BCUT2D eigenvalue weighted by Gasteiger charge is -2.28. The molecule has 35 heavy (non-hydrogen) atoms. The third-order valence-electron chi connectivity index (χ3n) is 5.95. The number of fused-ring (bicyclic) bond motifs is 1. The van der Waals surface area contributed by atoms with E-state index in [0.717, 1.165) is 11.1 Å². The lowest BCUT2D eigenvalue weighted by atomic mass is 9.81. The zero-order valence-corrected chi connectivity index (χ0v) is 20.7. The molecule has 2 heterocycles. The second-order valence-corrected chi connectivity index (χ2v) is 9.23. The number of carbonyl (C=O) groups is 3. The number of rotatable bonds is 6. The van der Waals surface area contributed by atoms with E-state index in [2.05, 4.69) is 5.32 Å². The molecular formula is C27H26N2O5S. The highest BCUT2D eigenvalue weighted by Crippen LogP contribution is 2.50. The van der Waals surface area contributed by atoms with Crippen LogP contribution in [0.2, 0.25) is 0 Å². The van der Waals surface area contributed by atoms with Crippen LogP contribution in [0, 0.1) is 6.92 Å². The zero-order valence-electron chi connectivity index (χ0n) is 19.9. The highest BCUT2D eigenvalue weighted by molar-refractivity contribution is 7.19. The van der Waals surface area contributed by atoms with Crippen molar-refractivity contribution in [3.8, 4) is 0 Å². The molecule has 2 aromatic carbocycles. The Hall–Kier alpha value is -3.91. The van der Waals surface area contributed by atoms with E-state index < -0.39 is 17.9 Å². The quantitative estimate of drug-likeness (QED) is 0.368. The van der Waals surface area contributed by atoms with Crippen molar-refractivity contribution in [1.29, 1.82) is 0 Å². The van der Waals surface area contributed by atoms with E-state index in [9.17, 15) is 14.4 Å². The van der Waals surface area contributed by atoms with Gasteiger partial charge in [-0.1, -0.05) is 42.0 Å². The van der Waals surface area contributed by atoms with Crippen molar-refractivity contribution >= 4 is 39.7 Å². The molecule has 0 fully saturated rings. The van der Waals surface area contributed by atoms with Crippen molar-refractivity contribution < 1.29 is 23.9 Å². The number of thiophene rings is 1. The number of anilines is 2. The van der Waals surface area contributed by atoms with Gasteiger partial charge in [0.05, 0.1) is 35.5 Å². The number of methoxy groups -OCH3 is 1. The van der Waals surface area contributed by atoms with Crippen LogP contribution < -0.4 is 11.1 Å². The molecule has 1 aromatic heterocycles. The van der Waals surface area contributed by atoms with Gasteiger partial charge in [0.15, 0.2) is 0 Å². The summed E-state index contributed by atoms with van der Waals surface area (Å²) in [7, 11) is 1.32. The predicted octanol–water partition coefficient (Wildman–Crippen LogP) is 5.05. The molecule has 0 aliphatic carbocycles. The Morgan fingerprint density at radius 3 is 2.20 bits per heavy atom. The van der Waals surface area contributed by atoms with Crippen LogP contribution in [0.4, 0.5) is 10.7 Å². The highest BCUT2D eigenvalue weighted by Gasteiger charge is 2.38. The molecule has 7 nitrogen and oxygen atoms in total. The van der Waals surface area contributed by atoms with Gasteiger partial charge in [-0.15, -0.1) is 11.3 Å². The molecule has 3 N–H and O–H groups in total. The van der Waals surface area contributed by atoms with Gasteiger partial charge in [-0.2, -0.15) is 0 Å². The number of aryl methyl sites for hydroxylation is 1. The molecule has 0 amide bonds. The van der Waals surface area contributed by atoms with Gasteiger partial charge in [0.1, 0.15) is 4.88 Å². The standard InChI is InChI=1S/C27H26N2O5S/c1-5-34-27(32)19-15(3)29-25-21(20(19)16-10-12-18(13-11-16)26(31)33-4)22(28)24(35-25)23(30)17-8-6-14(2)7-9-17/h6-13,20,29H,5,28H2,1-4H3/t20-/m0/s1. The van der Waals surface area contributed by atoms with E-state index in [1.54, 1.807) is 50.2 Å². The molecular weight excluding hydrogens is 464 g/mol. The first-order valence-corrected chi connectivity index (χ1v) is 11.9. The van der Waals surface area contributed by atoms with Gasteiger partial charge in [0, 0.05) is 22.7 Å². The maximum atomic E-state index is 13.3. The summed E-state index contributed by atoms with van der Waals surface area (Å²) in [6, 6.07) is 14.1. The van der Waals surface area contributed by atoms with Crippen molar-refractivity contribution in [2.45, 2.75) is 26.7 Å². The number of hydrogen-bond acceptors (Lipinski definition) is 8. The van der Waals surface area contributed by atoms with Crippen LogP contribution in [-0.2, 0) is 14.3 Å². The molecule has 1 atom stereocenters. The Kier molecular flexibility index (Phi) is 6.75. The number of ketones is 1. The molecule has 0 saturated heterocycles. The van der Waals surface area contributed by atoms with E-state index in [1.807, 2.05) is 19.1 Å². The minimum Gasteiger partial charge on any atom is -0.465 e. The minimum absolute atomic E-state index is 0.182. The zero-order chi connectivity index (χ0) is 25.3. The summed E-state index contributed by atoms with van der Waals surface area (Å²) in [4.78, 5) is 38.7. The fourth-order valence-corrected chi connectivity index (χ4v) is 5.36. The molecule has 0 spiro atoms. The van der Waals surface area contributed by atoms with Crippen LogP contribution in [0.3, 0.4) is 0 Å². The Morgan fingerprint density at radius 1 is 0.971 bits per heavy atom. The number of nitrogens with two attached hydrogens (primary N) is 1. The van der Waals surface area contributed by atoms with Gasteiger partial charge < -0.3 is 20.5 Å². The predicted molar refractivity (Wildman–Crippen MR) is 136 cm³/mol. The Bertz CT molecular complexity index is 1340. The molecule has 3 aromatic rings. The summed E-state index contributed by atoms with van der Waals surface area (Å²) in [5.41, 5.74) is 11.3. The van der Waals surface area contributed by atoms with Crippen LogP contribution >= 0.6 is 11.3 Å². The Labute approximate surface area is 207 Å². The van der Waals surface area contributed by atoms with Gasteiger partial charge in [0.25, 0.3) is 0 Å². The van der Waals surface area contributed by atoms with E-state index in [1.165, 1.54) is 18.4 Å². The fourth-order valence-electron chi connectivity index (χ4n) is 4.18. The molecule has 180 valence electrons. The first kappa shape index (κ1) is 24.2. The van der Waals surface area contributed by atoms with Crippen LogP contribution in [0.25, 0.3) is 0 Å². The molecule has 4 rings (SSSR count). The average Bonchev–Trinajstić information content (AvgIpc) is 3.18. The van der Waals surface area contributed by atoms with E-state index >= 15 is 0 Å². The van der Waals surface area contributed by atoms with Crippen LogP contribution in [0.5, 0.6) is 0 Å². The van der Waals surface area contributed by atoms with Gasteiger partial charge in [-0.05, 0) is 38.5 Å². The second-order valence-electron chi connectivity index (χ2n) is 8.21. The first-order valence-electron chi connectivity index (χ1n) is 11.1. The van der Waals surface area contributed by atoms with Crippen molar-refractivity contribution in [2.24, 2.45) is 0 Å². The summed E-state index contributed by atoms with van der Waals surface area (Å²) >= 11 is 1.26. The van der Waals surface area contributed by atoms with Gasteiger partial charge in [0.2, 0.25) is 5.78 Å². The number of esters is 2. The first-order chi connectivity index (χ1) is 16.8. The fraction of sp³-hybridized carbons (Fsp3) is 0.222. The van der Waals surface area contributed by atoms with E-state index in [4.69, 9.17) is 15.2 Å². The van der Waals surface area contributed by atoms with Crippen LogP contribution in [0.15, 0.2) is 59.8 Å². The van der Waals surface area contributed by atoms with Crippen molar-refractivity contribution in [3.05, 3.63) is 92.5 Å². The summed E-state index contributed by atoms with van der Waals surface area (Å²) in [6.45, 7) is 5.71. The van der Waals surface area contributed by atoms with E-state index in [0.29, 0.717) is 43.5 Å². The molecule has 0 saturated carbocycles. The number of allylic oxidation sites excluding steroid dienone is 1. The van der Waals surface area contributed by atoms with Crippen LogP contribution in [0.1, 0.15) is 62.0 Å². The topological polar surface area (TPSA) is 108 Å². The lowest BCUT2D eigenvalue weighted by Crippen LogP contribution is -2.24. The van der Waals surface area contributed by atoms with Gasteiger partial charge in [-0.3, -0.25) is 4.79 Å². The summed E-state index contributed by atoms with van der Waals surface area (Å²) in [6.07, 6.45) is 0. The minimum atomic E-state index is -0.576. The second kappa shape index (κ2) is 9.76. The van der Waals surface area contributed by atoms with Crippen molar-refractivity contribution in [1.82, 2.24) is 0 Å². The van der Waals surface area contributed by atoms with Crippen LogP contribution in [-0.4, -0.2) is 31.4 Å². The van der Waals surface area contributed by atoms with Crippen molar-refractivity contribution in [2.75, 3.05) is 24.8 Å². The number of hydrogen-bond donors (Lipinski definition) is 2.